The van der Waals surface area contributed by atoms with E-state index < -0.39 is 0 Å². The zero-order valence-electron chi connectivity index (χ0n) is 10.1. The van der Waals surface area contributed by atoms with Crippen LogP contribution < -0.4 is 5.73 Å². The van der Waals surface area contributed by atoms with Crippen molar-refractivity contribution in [3.05, 3.63) is 5.01 Å². The molecule has 0 radical (unpaired) electrons. The second kappa shape index (κ2) is 6.07. The van der Waals surface area contributed by atoms with Crippen molar-refractivity contribution in [3.8, 4) is 0 Å². The largest absolute Gasteiger partial charge is 0.395 e. The number of hydrogen-bond acceptors (Lipinski definition) is 7. The molecule has 1 fully saturated rings. The normalized spacial score (nSPS) is 17.7. The average molecular weight is 271 g/mol. The van der Waals surface area contributed by atoms with Gasteiger partial charge in [0.05, 0.1) is 6.61 Å². The summed E-state index contributed by atoms with van der Waals surface area (Å²) in [7, 11) is 0. The minimum atomic E-state index is -0.102. The molecule has 1 aliphatic rings. The number of aromatic nitrogens is 2. The van der Waals surface area contributed by atoms with Crippen molar-refractivity contribution in [1.29, 1.82) is 0 Å². The summed E-state index contributed by atoms with van der Waals surface area (Å²) in [6.07, 6.45) is 0.903. The molecular formula is C10H17N5O2S. The van der Waals surface area contributed by atoms with Gasteiger partial charge in [-0.15, -0.1) is 10.2 Å². The van der Waals surface area contributed by atoms with Gasteiger partial charge in [0.15, 0.2) is 0 Å². The lowest BCUT2D eigenvalue weighted by Gasteiger charge is -2.20. The van der Waals surface area contributed by atoms with Crippen LogP contribution in [0.1, 0.15) is 16.2 Å². The fourth-order valence-electron chi connectivity index (χ4n) is 2.00. The lowest BCUT2D eigenvalue weighted by Crippen LogP contribution is -2.35. The Morgan fingerprint density at radius 1 is 1.33 bits per heavy atom. The number of nitrogen functional groups attached to an aromatic ring is 1. The predicted molar refractivity (Wildman–Crippen MR) is 68.4 cm³/mol. The second-order valence-corrected chi connectivity index (χ2v) is 5.17. The minimum Gasteiger partial charge on any atom is -0.395 e. The van der Waals surface area contributed by atoms with E-state index in [0.29, 0.717) is 29.8 Å². The van der Waals surface area contributed by atoms with Crippen molar-refractivity contribution in [1.82, 2.24) is 20.0 Å². The van der Waals surface area contributed by atoms with Gasteiger partial charge in [-0.05, 0) is 13.0 Å². The number of rotatable bonds is 3. The number of aliphatic hydroxyl groups is 1. The number of β-amino-alcohol motifs (C(OH)–C–C–N with tert-alkyl or cyclic N) is 1. The third-order valence-corrected chi connectivity index (χ3v) is 3.66. The van der Waals surface area contributed by atoms with Gasteiger partial charge in [-0.2, -0.15) is 0 Å². The molecule has 8 heteroatoms. The van der Waals surface area contributed by atoms with Crippen LogP contribution in [0.25, 0.3) is 0 Å². The molecule has 3 N–H and O–H groups in total. The lowest BCUT2D eigenvalue weighted by molar-refractivity contribution is 0.0759. The molecule has 2 heterocycles. The van der Waals surface area contributed by atoms with E-state index in [4.69, 9.17) is 10.8 Å². The molecule has 1 amide bonds. The van der Waals surface area contributed by atoms with Crippen LogP contribution in [-0.4, -0.2) is 70.3 Å². The van der Waals surface area contributed by atoms with Crippen LogP contribution in [-0.2, 0) is 0 Å². The highest BCUT2D eigenvalue weighted by Gasteiger charge is 2.22. The molecule has 1 aromatic rings. The van der Waals surface area contributed by atoms with E-state index in [0.717, 1.165) is 30.8 Å². The first kappa shape index (κ1) is 13.2. The highest BCUT2D eigenvalue weighted by Crippen LogP contribution is 2.14. The van der Waals surface area contributed by atoms with Gasteiger partial charge >= 0.3 is 0 Å². The zero-order chi connectivity index (χ0) is 13.0. The van der Waals surface area contributed by atoms with Crippen LogP contribution in [0.4, 0.5) is 5.13 Å². The molecule has 2 rings (SSSR count). The Morgan fingerprint density at radius 3 is 2.83 bits per heavy atom. The average Bonchev–Trinajstić information content (AvgIpc) is 2.65. The summed E-state index contributed by atoms with van der Waals surface area (Å²) in [6.45, 7) is 3.86. The lowest BCUT2D eigenvalue weighted by atomic mass is 10.4. The first-order valence-electron chi connectivity index (χ1n) is 5.92. The number of amides is 1. The van der Waals surface area contributed by atoms with Gasteiger partial charge in [-0.1, -0.05) is 11.3 Å². The second-order valence-electron chi connectivity index (χ2n) is 4.16. The van der Waals surface area contributed by atoms with Crippen molar-refractivity contribution >= 4 is 22.4 Å². The van der Waals surface area contributed by atoms with E-state index in [-0.39, 0.29) is 12.5 Å². The molecule has 0 bridgehead atoms. The van der Waals surface area contributed by atoms with Crippen molar-refractivity contribution in [3.63, 3.8) is 0 Å². The highest BCUT2D eigenvalue weighted by molar-refractivity contribution is 7.16. The summed E-state index contributed by atoms with van der Waals surface area (Å²) in [4.78, 5) is 16.1. The minimum absolute atomic E-state index is 0.102. The SMILES string of the molecule is Nc1nnc(C(=O)N2CCCN(CCO)CC2)s1. The number of aliphatic hydroxyl groups excluding tert-OH is 1. The van der Waals surface area contributed by atoms with Crippen molar-refractivity contribution in [2.24, 2.45) is 0 Å². The Balaban J connectivity index is 1.95. The summed E-state index contributed by atoms with van der Waals surface area (Å²) in [5.41, 5.74) is 5.48. The summed E-state index contributed by atoms with van der Waals surface area (Å²) in [6, 6.07) is 0. The molecule has 100 valence electrons. The van der Waals surface area contributed by atoms with Crippen LogP contribution in [0, 0.1) is 0 Å². The zero-order valence-corrected chi connectivity index (χ0v) is 10.9. The van der Waals surface area contributed by atoms with Crippen LogP contribution in [0.5, 0.6) is 0 Å². The van der Waals surface area contributed by atoms with Crippen LogP contribution in [0.2, 0.25) is 0 Å². The molecule has 0 spiro atoms. The third kappa shape index (κ3) is 3.15. The number of hydrogen-bond donors (Lipinski definition) is 2. The van der Waals surface area contributed by atoms with E-state index in [1.165, 1.54) is 0 Å². The fourth-order valence-corrected chi connectivity index (χ4v) is 2.57. The molecule has 0 saturated carbocycles. The molecule has 7 nitrogen and oxygen atoms in total. The number of anilines is 1. The van der Waals surface area contributed by atoms with Crippen molar-refractivity contribution < 1.29 is 9.90 Å². The van der Waals surface area contributed by atoms with E-state index in [1.54, 1.807) is 4.90 Å². The highest BCUT2D eigenvalue weighted by atomic mass is 32.1. The van der Waals surface area contributed by atoms with Gasteiger partial charge in [0.25, 0.3) is 5.91 Å². The van der Waals surface area contributed by atoms with E-state index in [9.17, 15) is 4.79 Å². The Labute approximate surface area is 109 Å². The molecule has 0 aliphatic carbocycles. The Kier molecular flexibility index (Phi) is 4.45. The molecular weight excluding hydrogens is 254 g/mol. The fraction of sp³-hybridized carbons (Fsp3) is 0.700. The van der Waals surface area contributed by atoms with E-state index >= 15 is 0 Å². The van der Waals surface area contributed by atoms with Crippen LogP contribution in [0.3, 0.4) is 0 Å². The smallest absolute Gasteiger partial charge is 0.284 e. The Bertz CT molecular complexity index is 411. The topological polar surface area (TPSA) is 95.6 Å². The standard InChI is InChI=1S/C10H17N5O2S/c11-10-13-12-8(18-10)9(17)15-3-1-2-14(4-5-15)6-7-16/h16H,1-7H2,(H2,11,13). The number of carbonyl (C=O) groups is 1. The summed E-state index contributed by atoms with van der Waals surface area (Å²) in [5, 5.41) is 17.0. The van der Waals surface area contributed by atoms with Crippen molar-refractivity contribution in [2.45, 2.75) is 6.42 Å². The number of nitrogens with zero attached hydrogens (tertiary/aromatic N) is 4. The van der Waals surface area contributed by atoms with E-state index in [2.05, 4.69) is 15.1 Å². The van der Waals surface area contributed by atoms with Gasteiger partial charge in [-0.25, -0.2) is 0 Å². The molecule has 0 unspecified atom stereocenters. The maximum Gasteiger partial charge on any atom is 0.284 e. The molecule has 0 aromatic carbocycles. The van der Waals surface area contributed by atoms with Crippen LogP contribution in [0.15, 0.2) is 0 Å². The molecule has 0 atom stereocenters. The molecule has 1 aliphatic heterocycles. The van der Waals surface area contributed by atoms with Gasteiger partial charge in [0.1, 0.15) is 0 Å². The summed E-state index contributed by atoms with van der Waals surface area (Å²) in [5.74, 6) is -0.102. The van der Waals surface area contributed by atoms with Crippen LogP contribution >= 0.6 is 11.3 Å². The van der Waals surface area contributed by atoms with Crippen molar-refractivity contribution in [2.75, 3.05) is 45.1 Å². The molecule has 18 heavy (non-hydrogen) atoms. The maximum absolute atomic E-state index is 12.1. The number of carbonyl (C=O) groups excluding carboxylic acids is 1. The maximum atomic E-state index is 12.1. The molecule has 1 saturated heterocycles. The summed E-state index contributed by atoms with van der Waals surface area (Å²) >= 11 is 1.12. The summed E-state index contributed by atoms with van der Waals surface area (Å²) < 4.78 is 0. The first-order chi connectivity index (χ1) is 8.70. The number of nitrogens with two attached hydrogens (primary N) is 1. The van der Waals surface area contributed by atoms with Gasteiger partial charge in [0, 0.05) is 26.2 Å². The first-order valence-corrected chi connectivity index (χ1v) is 6.74. The van der Waals surface area contributed by atoms with Gasteiger partial charge < -0.3 is 15.7 Å². The Morgan fingerprint density at radius 2 is 2.17 bits per heavy atom. The Hall–Kier alpha value is -1.25. The monoisotopic (exact) mass is 271 g/mol. The quantitative estimate of drug-likeness (QED) is 0.752. The molecule has 1 aromatic heterocycles. The van der Waals surface area contributed by atoms with Gasteiger partial charge in [0.2, 0.25) is 10.1 Å². The third-order valence-electron chi connectivity index (χ3n) is 2.92. The predicted octanol–water partition coefficient (Wildman–Crippen LogP) is -0.740. The van der Waals surface area contributed by atoms with Gasteiger partial charge in [-0.3, -0.25) is 9.69 Å². The van der Waals surface area contributed by atoms with E-state index in [1.807, 2.05) is 0 Å².